The molecule has 1 aliphatic carbocycles. The van der Waals surface area contributed by atoms with Crippen molar-refractivity contribution in [3.05, 3.63) is 40.5 Å². The van der Waals surface area contributed by atoms with Gasteiger partial charge in [0.2, 0.25) is 5.92 Å². The maximum Gasteiger partial charge on any atom is 0.318 e. The van der Waals surface area contributed by atoms with Crippen LogP contribution in [0.1, 0.15) is 41.7 Å². The fourth-order valence-electron chi connectivity index (χ4n) is 4.04. The normalized spacial score (nSPS) is 18.7. The minimum absolute atomic E-state index is 0.153. The Kier molecular flexibility index (Phi) is 5.40. The first-order valence-corrected chi connectivity index (χ1v) is 10.2. The highest BCUT2D eigenvalue weighted by molar-refractivity contribution is 6.30. The van der Waals surface area contributed by atoms with Crippen molar-refractivity contribution in [2.75, 3.05) is 6.54 Å². The van der Waals surface area contributed by atoms with Crippen molar-refractivity contribution in [2.45, 2.75) is 50.7 Å². The molecule has 3 amide bonds. The molecule has 0 spiro atoms. The standard InChI is InChI=1S/C20H22ClF2N5O2/c21-13-3-1-2-12(10-13)17-16(18(24)29)15-11-27(8-9-28(15)26-17)19(30)25-14-4-6-20(22,23)7-5-14/h1-3,10,14H,4-9,11H2,(H2,24,29)(H,25,30). The molecular weight excluding hydrogens is 416 g/mol. The van der Waals surface area contributed by atoms with E-state index in [1.807, 2.05) is 0 Å². The summed E-state index contributed by atoms with van der Waals surface area (Å²) in [6.45, 7) is 0.934. The summed E-state index contributed by atoms with van der Waals surface area (Å²) in [5.41, 5.74) is 7.54. The molecule has 1 aromatic heterocycles. The molecule has 7 nitrogen and oxygen atoms in total. The van der Waals surface area contributed by atoms with Crippen molar-refractivity contribution in [3.63, 3.8) is 0 Å². The summed E-state index contributed by atoms with van der Waals surface area (Å²) in [5.74, 6) is -3.28. The van der Waals surface area contributed by atoms with E-state index >= 15 is 0 Å². The second kappa shape index (κ2) is 7.86. The molecule has 4 rings (SSSR count). The van der Waals surface area contributed by atoms with Crippen molar-refractivity contribution < 1.29 is 18.4 Å². The number of carbonyl (C=O) groups is 2. The Morgan fingerprint density at radius 2 is 1.97 bits per heavy atom. The third kappa shape index (κ3) is 4.12. The first-order chi connectivity index (χ1) is 14.2. The van der Waals surface area contributed by atoms with Gasteiger partial charge < -0.3 is 16.0 Å². The third-order valence-electron chi connectivity index (χ3n) is 5.66. The predicted molar refractivity (Wildman–Crippen MR) is 107 cm³/mol. The molecule has 0 saturated heterocycles. The van der Waals surface area contributed by atoms with Gasteiger partial charge in [-0.15, -0.1) is 0 Å². The SMILES string of the molecule is NC(=O)c1c(-c2cccc(Cl)c2)nn2c1CN(C(=O)NC1CCC(F)(F)CC1)CC2. The number of halogens is 3. The first-order valence-electron chi connectivity index (χ1n) is 9.82. The van der Waals surface area contributed by atoms with E-state index in [1.165, 1.54) is 0 Å². The van der Waals surface area contributed by atoms with Gasteiger partial charge >= 0.3 is 6.03 Å². The molecule has 1 saturated carbocycles. The number of benzene rings is 1. The van der Waals surface area contributed by atoms with Crippen LogP contribution in [0.25, 0.3) is 11.3 Å². The maximum absolute atomic E-state index is 13.3. The van der Waals surface area contributed by atoms with E-state index in [0.29, 0.717) is 35.1 Å². The maximum atomic E-state index is 13.3. The number of hydrogen-bond acceptors (Lipinski definition) is 3. The third-order valence-corrected chi connectivity index (χ3v) is 5.89. The number of hydrogen-bond donors (Lipinski definition) is 2. The van der Waals surface area contributed by atoms with Gasteiger partial charge in [-0.1, -0.05) is 23.7 Å². The van der Waals surface area contributed by atoms with Crippen LogP contribution in [0.5, 0.6) is 0 Å². The van der Waals surface area contributed by atoms with E-state index in [-0.39, 0.29) is 49.9 Å². The number of rotatable bonds is 3. The zero-order valence-electron chi connectivity index (χ0n) is 16.2. The summed E-state index contributed by atoms with van der Waals surface area (Å²) in [5, 5.41) is 7.87. The van der Waals surface area contributed by atoms with Gasteiger partial charge in [0.05, 0.1) is 24.3 Å². The second-order valence-electron chi connectivity index (χ2n) is 7.77. The van der Waals surface area contributed by atoms with Gasteiger partial charge in [0.25, 0.3) is 5.91 Å². The highest BCUT2D eigenvalue weighted by atomic mass is 35.5. The van der Waals surface area contributed by atoms with Gasteiger partial charge in [-0.25, -0.2) is 13.6 Å². The molecular formula is C20H22ClF2N5O2. The Labute approximate surface area is 177 Å². The fraction of sp³-hybridized carbons (Fsp3) is 0.450. The van der Waals surface area contributed by atoms with E-state index < -0.39 is 11.8 Å². The molecule has 1 aromatic carbocycles. The van der Waals surface area contributed by atoms with Crippen LogP contribution in [0.4, 0.5) is 13.6 Å². The van der Waals surface area contributed by atoms with Crippen LogP contribution in [0.15, 0.2) is 24.3 Å². The molecule has 10 heteroatoms. The van der Waals surface area contributed by atoms with Gasteiger partial charge in [0.15, 0.2) is 0 Å². The van der Waals surface area contributed by atoms with Crippen molar-refractivity contribution in [1.82, 2.24) is 20.0 Å². The lowest BCUT2D eigenvalue weighted by atomic mass is 9.92. The minimum atomic E-state index is -2.65. The Hall–Kier alpha value is -2.68. The molecule has 0 unspecified atom stereocenters. The van der Waals surface area contributed by atoms with Crippen LogP contribution in [0.2, 0.25) is 5.02 Å². The van der Waals surface area contributed by atoms with Crippen molar-refractivity contribution in [3.8, 4) is 11.3 Å². The van der Waals surface area contributed by atoms with Crippen molar-refractivity contribution in [1.29, 1.82) is 0 Å². The van der Waals surface area contributed by atoms with E-state index in [4.69, 9.17) is 17.3 Å². The summed E-state index contributed by atoms with van der Waals surface area (Å²) in [4.78, 5) is 26.5. The van der Waals surface area contributed by atoms with E-state index in [0.717, 1.165) is 0 Å². The Balaban J connectivity index is 1.53. The Morgan fingerprint density at radius 1 is 1.23 bits per heavy atom. The lowest BCUT2D eigenvalue weighted by molar-refractivity contribution is -0.0398. The smallest absolute Gasteiger partial charge is 0.318 e. The van der Waals surface area contributed by atoms with Crippen LogP contribution in [0.3, 0.4) is 0 Å². The summed E-state index contributed by atoms with van der Waals surface area (Å²) in [7, 11) is 0. The van der Waals surface area contributed by atoms with Crippen LogP contribution < -0.4 is 11.1 Å². The van der Waals surface area contributed by atoms with E-state index in [9.17, 15) is 18.4 Å². The number of urea groups is 1. The number of amides is 3. The predicted octanol–water partition coefficient (Wildman–Crippen LogP) is 3.41. The van der Waals surface area contributed by atoms with Crippen LogP contribution in [0, 0.1) is 0 Å². The first kappa shape index (κ1) is 20.6. The molecule has 1 fully saturated rings. The summed E-state index contributed by atoms with van der Waals surface area (Å²) < 4.78 is 28.4. The van der Waals surface area contributed by atoms with Gasteiger partial charge in [0.1, 0.15) is 5.69 Å². The summed E-state index contributed by atoms with van der Waals surface area (Å²) >= 11 is 6.07. The summed E-state index contributed by atoms with van der Waals surface area (Å²) in [6.07, 6.45) is 0.0466. The number of nitrogens with one attached hydrogen (secondary N) is 1. The zero-order chi connectivity index (χ0) is 21.5. The topological polar surface area (TPSA) is 93.2 Å². The van der Waals surface area contributed by atoms with Gasteiger partial charge in [-0.3, -0.25) is 9.48 Å². The molecule has 1 aliphatic heterocycles. The molecule has 2 heterocycles. The molecule has 0 radical (unpaired) electrons. The number of carbonyl (C=O) groups excluding carboxylic acids is 2. The van der Waals surface area contributed by atoms with E-state index in [2.05, 4.69) is 10.4 Å². The number of alkyl halides is 2. The molecule has 3 N–H and O–H groups in total. The number of aromatic nitrogens is 2. The molecule has 0 bridgehead atoms. The Morgan fingerprint density at radius 3 is 2.63 bits per heavy atom. The zero-order valence-corrected chi connectivity index (χ0v) is 17.0. The second-order valence-corrected chi connectivity index (χ2v) is 8.21. The number of primary amides is 1. The largest absolute Gasteiger partial charge is 0.365 e. The summed E-state index contributed by atoms with van der Waals surface area (Å²) in [6, 6.07) is 6.35. The van der Waals surface area contributed by atoms with Crippen molar-refractivity contribution in [2.24, 2.45) is 5.73 Å². The lowest BCUT2D eigenvalue weighted by Gasteiger charge is -2.33. The average Bonchev–Trinajstić information content (AvgIpc) is 3.08. The van der Waals surface area contributed by atoms with Crippen LogP contribution >= 0.6 is 11.6 Å². The van der Waals surface area contributed by atoms with Crippen molar-refractivity contribution >= 4 is 23.5 Å². The molecule has 30 heavy (non-hydrogen) atoms. The quantitative estimate of drug-likeness (QED) is 0.770. The Bertz CT molecular complexity index is 984. The molecule has 2 aliphatic rings. The number of fused-ring (bicyclic) bond motifs is 1. The minimum Gasteiger partial charge on any atom is -0.365 e. The highest BCUT2D eigenvalue weighted by Crippen LogP contribution is 2.33. The molecule has 2 aromatic rings. The fourth-order valence-corrected chi connectivity index (χ4v) is 4.23. The van der Waals surface area contributed by atoms with Gasteiger partial charge in [-0.2, -0.15) is 5.10 Å². The number of nitrogens with two attached hydrogens (primary N) is 1. The highest BCUT2D eigenvalue weighted by Gasteiger charge is 2.36. The van der Waals surface area contributed by atoms with Crippen LogP contribution in [-0.2, 0) is 13.1 Å². The number of nitrogens with zero attached hydrogens (tertiary/aromatic N) is 3. The van der Waals surface area contributed by atoms with Gasteiger partial charge in [-0.05, 0) is 25.0 Å². The van der Waals surface area contributed by atoms with E-state index in [1.54, 1.807) is 33.8 Å². The monoisotopic (exact) mass is 437 g/mol. The van der Waals surface area contributed by atoms with Crippen LogP contribution in [-0.4, -0.2) is 45.1 Å². The van der Waals surface area contributed by atoms with Gasteiger partial charge in [0, 0.05) is 36.0 Å². The molecule has 0 atom stereocenters. The molecule has 160 valence electrons. The lowest BCUT2D eigenvalue weighted by Crippen LogP contribution is -2.49. The average molecular weight is 438 g/mol.